The third-order valence-corrected chi connectivity index (χ3v) is 5.84. The predicted octanol–water partition coefficient (Wildman–Crippen LogP) is 4.29. The lowest BCUT2D eigenvalue weighted by Crippen LogP contribution is -2.58. The highest BCUT2D eigenvalue weighted by Gasteiger charge is 2.44. The van der Waals surface area contributed by atoms with Crippen LogP contribution in [0.25, 0.3) is 0 Å². The summed E-state index contributed by atoms with van der Waals surface area (Å²) in [7, 11) is 1.56. The van der Waals surface area contributed by atoms with E-state index in [0.717, 1.165) is 16.8 Å². The third-order valence-electron chi connectivity index (χ3n) is 5.84. The summed E-state index contributed by atoms with van der Waals surface area (Å²) in [4.78, 5) is 30.0. The SMILES string of the molecule is CCOC(=O)N1c2cc(C)c(C)cc2N(C(=O)C2(OC)C=CC=CC2)CC1CC. The van der Waals surface area contributed by atoms with Crippen LogP contribution in [0, 0.1) is 13.8 Å². The molecule has 156 valence electrons. The van der Waals surface area contributed by atoms with Crippen LogP contribution in [0.15, 0.2) is 36.4 Å². The Kier molecular flexibility index (Phi) is 6.13. The molecule has 0 saturated carbocycles. The van der Waals surface area contributed by atoms with Crippen molar-refractivity contribution in [1.29, 1.82) is 0 Å². The molecule has 0 radical (unpaired) electrons. The van der Waals surface area contributed by atoms with E-state index in [0.29, 0.717) is 31.7 Å². The summed E-state index contributed by atoms with van der Waals surface area (Å²) in [5.41, 5.74) is 2.51. The first-order valence-electron chi connectivity index (χ1n) is 10.2. The molecule has 2 atom stereocenters. The summed E-state index contributed by atoms with van der Waals surface area (Å²) in [6.45, 7) is 8.52. The van der Waals surface area contributed by atoms with Gasteiger partial charge in [-0.15, -0.1) is 0 Å². The summed E-state index contributed by atoms with van der Waals surface area (Å²) < 4.78 is 11.0. The number of nitrogens with zero attached hydrogens (tertiary/aromatic N) is 2. The Morgan fingerprint density at radius 3 is 2.38 bits per heavy atom. The van der Waals surface area contributed by atoms with Crippen molar-refractivity contribution in [1.82, 2.24) is 0 Å². The molecule has 2 aliphatic rings. The lowest BCUT2D eigenvalue weighted by molar-refractivity contribution is -0.135. The summed E-state index contributed by atoms with van der Waals surface area (Å²) >= 11 is 0. The smallest absolute Gasteiger partial charge is 0.414 e. The van der Waals surface area contributed by atoms with Crippen molar-refractivity contribution >= 4 is 23.4 Å². The Bertz CT molecular complexity index is 861. The van der Waals surface area contributed by atoms with E-state index in [4.69, 9.17) is 9.47 Å². The van der Waals surface area contributed by atoms with Crippen LogP contribution >= 0.6 is 0 Å². The number of aryl methyl sites for hydroxylation is 2. The van der Waals surface area contributed by atoms with Gasteiger partial charge < -0.3 is 14.4 Å². The Morgan fingerprint density at radius 2 is 1.83 bits per heavy atom. The predicted molar refractivity (Wildman–Crippen MR) is 114 cm³/mol. The fourth-order valence-electron chi connectivity index (χ4n) is 3.95. The molecule has 3 rings (SSSR count). The molecule has 0 aromatic heterocycles. The highest BCUT2D eigenvalue weighted by Crippen LogP contribution is 2.41. The number of anilines is 2. The van der Waals surface area contributed by atoms with Gasteiger partial charge in [0, 0.05) is 20.1 Å². The number of ether oxygens (including phenoxy) is 2. The van der Waals surface area contributed by atoms with Crippen LogP contribution < -0.4 is 9.80 Å². The van der Waals surface area contributed by atoms with E-state index in [1.807, 2.05) is 57.2 Å². The van der Waals surface area contributed by atoms with Gasteiger partial charge in [-0.25, -0.2) is 4.79 Å². The first-order chi connectivity index (χ1) is 13.9. The molecule has 0 bridgehead atoms. The van der Waals surface area contributed by atoms with Gasteiger partial charge in [-0.05, 0) is 56.5 Å². The molecule has 2 amide bonds. The molecule has 6 nitrogen and oxygen atoms in total. The molecule has 1 heterocycles. The highest BCUT2D eigenvalue weighted by atomic mass is 16.6. The van der Waals surface area contributed by atoms with Crippen molar-refractivity contribution in [3.63, 3.8) is 0 Å². The number of methoxy groups -OCH3 is 1. The molecule has 29 heavy (non-hydrogen) atoms. The van der Waals surface area contributed by atoms with Gasteiger partial charge in [0.05, 0.1) is 24.0 Å². The number of rotatable bonds is 4. The molecule has 2 unspecified atom stereocenters. The van der Waals surface area contributed by atoms with Crippen molar-refractivity contribution in [2.75, 3.05) is 30.1 Å². The van der Waals surface area contributed by atoms with Gasteiger partial charge in [-0.2, -0.15) is 0 Å². The molecule has 6 heteroatoms. The lowest BCUT2D eigenvalue weighted by Gasteiger charge is -2.44. The standard InChI is InChI=1S/C23H30N2O4/c1-6-18-15-24(21(26)23(28-5)11-9-8-10-12-23)19-13-16(3)17(4)14-20(19)25(18)22(27)29-7-2/h8-11,13-14,18H,6-7,12,15H2,1-5H3. The fraction of sp³-hybridized carbons (Fsp3) is 0.478. The van der Waals surface area contributed by atoms with Crippen LogP contribution in [0.1, 0.15) is 37.8 Å². The Labute approximate surface area is 172 Å². The number of allylic oxidation sites excluding steroid dienone is 2. The molecular weight excluding hydrogens is 368 g/mol. The zero-order valence-corrected chi connectivity index (χ0v) is 17.9. The van der Waals surface area contributed by atoms with Crippen molar-refractivity contribution in [2.45, 2.75) is 52.2 Å². The van der Waals surface area contributed by atoms with Gasteiger partial charge in [0.1, 0.15) is 0 Å². The molecular formula is C23H30N2O4. The molecule has 0 fully saturated rings. The molecule has 1 aliphatic heterocycles. The van der Waals surface area contributed by atoms with Crippen LogP contribution in [-0.4, -0.2) is 43.9 Å². The lowest BCUT2D eigenvalue weighted by atomic mass is 9.91. The van der Waals surface area contributed by atoms with Gasteiger partial charge >= 0.3 is 6.09 Å². The first-order valence-corrected chi connectivity index (χ1v) is 10.2. The van der Waals surface area contributed by atoms with Crippen LogP contribution in [-0.2, 0) is 14.3 Å². The highest BCUT2D eigenvalue weighted by molar-refractivity contribution is 6.07. The quantitative estimate of drug-likeness (QED) is 0.759. The number of hydrogen-bond acceptors (Lipinski definition) is 4. The minimum absolute atomic E-state index is 0.118. The van der Waals surface area contributed by atoms with E-state index in [-0.39, 0.29) is 18.0 Å². The van der Waals surface area contributed by atoms with Crippen LogP contribution in [0.5, 0.6) is 0 Å². The zero-order valence-electron chi connectivity index (χ0n) is 17.9. The second-order valence-corrected chi connectivity index (χ2v) is 7.56. The maximum Gasteiger partial charge on any atom is 0.414 e. The maximum atomic E-state index is 13.7. The van der Waals surface area contributed by atoms with Crippen molar-refractivity contribution in [3.8, 4) is 0 Å². The van der Waals surface area contributed by atoms with E-state index in [1.54, 1.807) is 23.8 Å². The average molecular weight is 399 g/mol. The number of carbonyl (C=O) groups excluding carboxylic acids is 2. The Morgan fingerprint density at radius 1 is 1.14 bits per heavy atom. The van der Waals surface area contributed by atoms with Crippen LogP contribution in [0.4, 0.5) is 16.2 Å². The van der Waals surface area contributed by atoms with Crippen LogP contribution in [0.3, 0.4) is 0 Å². The average Bonchev–Trinajstić information content (AvgIpc) is 2.73. The minimum atomic E-state index is -1.03. The molecule has 0 spiro atoms. The topological polar surface area (TPSA) is 59.1 Å². The maximum absolute atomic E-state index is 13.7. The molecule has 0 saturated heterocycles. The van der Waals surface area contributed by atoms with Crippen molar-refractivity contribution in [3.05, 3.63) is 47.6 Å². The van der Waals surface area contributed by atoms with Crippen LogP contribution in [0.2, 0.25) is 0 Å². The second kappa shape index (κ2) is 8.41. The second-order valence-electron chi connectivity index (χ2n) is 7.56. The normalized spacial score (nSPS) is 23.1. The van der Waals surface area contributed by atoms with Gasteiger partial charge in [0.25, 0.3) is 5.91 Å². The van der Waals surface area contributed by atoms with E-state index < -0.39 is 5.60 Å². The number of hydrogen-bond donors (Lipinski definition) is 0. The molecule has 1 aromatic carbocycles. The summed E-state index contributed by atoms with van der Waals surface area (Å²) in [5, 5.41) is 0. The third kappa shape index (κ3) is 3.69. The molecule has 0 N–H and O–H groups in total. The first kappa shape index (κ1) is 21.1. The number of fused-ring (bicyclic) bond motifs is 1. The summed E-state index contributed by atoms with van der Waals surface area (Å²) in [6, 6.07) is 3.77. The number of amides is 2. The minimum Gasteiger partial charge on any atom is -0.449 e. The van der Waals surface area contributed by atoms with Crippen molar-refractivity contribution in [2.24, 2.45) is 0 Å². The van der Waals surface area contributed by atoms with E-state index in [2.05, 4.69) is 0 Å². The number of carbonyl (C=O) groups is 2. The van der Waals surface area contributed by atoms with Crippen molar-refractivity contribution < 1.29 is 19.1 Å². The summed E-state index contributed by atoms with van der Waals surface area (Å²) in [6.07, 6.45) is 8.32. The zero-order chi connectivity index (χ0) is 21.2. The summed E-state index contributed by atoms with van der Waals surface area (Å²) in [5.74, 6) is -0.118. The van der Waals surface area contributed by atoms with Gasteiger partial charge in [-0.3, -0.25) is 9.69 Å². The monoisotopic (exact) mass is 398 g/mol. The van der Waals surface area contributed by atoms with Gasteiger partial charge in [0.15, 0.2) is 5.60 Å². The Hall–Kier alpha value is -2.60. The largest absolute Gasteiger partial charge is 0.449 e. The number of benzene rings is 1. The van der Waals surface area contributed by atoms with Gasteiger partial charge in [0.2, 0.25) is 0 Å². The molecule has 1 aromatic rings. The van der Waals surface area contributed by atoms with E-state index >= 15 is 0 Å². The van der Waals surface area contributed by atoms with E-state index in [9.17, 15) is 9.59 Å². The fourth-order valence-corrected chi connectivity index (χ4v) is 3.95. The molecule has 1 aliphatic carbocycles. The van der Waals surface area contributed by atoms with Gasteiger partial charge in [-0.1, -0.05) is 25.2 Å². The Balaban J connectivity index is 2.12. The van der Waals surface area contributed by atoms with E-state index in [1.165, 1.54) is 0 Å².